The molecule has 0 radical (unpaired) electrons. The second kappa shape index (κ2) is 6.41. The number of rotatable bonds is 3. The van der Waals surface area contributed by atoms with Crippen LogP contribution in [0.1, 0.15) is 27.2 Å². The van der Waals surface area contributed by atoms with Gasteiger partial charge in [0.25, 0.3) is 0 Å². The summed E-state index contributed by atoms with van der Waals surface area (Å²) in [5, 5.41) is 0. The minimum Gasteiger partial charge on any atom is -0.381 e. The number of hydrogen-bond acceptors (Lipinski definition) is 4. The molecule has 2 rings (SSSR count). The number of carbonyl (C=O) groups is 1. The van der Waals surface area contributed by atoms with Gasteiger partial charge in [0.2, 0.25) is 5.91 Å². The molecule has 2 N–H and O–H groups in total. The fraction of sp³-hybridized carbons (Fsp3) is 0.933. The maximum Gasteiger partial charge on any atom is 0.240 e. The van der Waals surface area contributed by atoms with Crippen LogP contribution in [0, 0.1) is 11.3 Å². The molecule has 0 bridgehead atoms. The minimum absolute atomic E-state index is 0.0985. The van der Waals surface area contributed by atoms with Crippen LogP contribution >= 0.6 is 0 Å². The van der Waals surface area contributed by atoms with Crippen LogP contribution in [0.4, 0.5) is 0 Å². The first-order valence-electron chi connectivity index (χ1n) is 7.72. The fourth-order valence-corrected chi connectivity index (χ4v) is 2.81. The van der Waals surface area contributed by atoms with Gasteiger partial charge in [-0.05, 0) is 17.8 Å². The average molecular weight is 283 g/mol. The van der Waals surface area contributed by atoms with Crippen molar-refractivity contribution in [3.8, 4) is 0 Å². The summed E-state index contributed by atoms with van der Waals surface area (Å²) in [7, 11) is 0. The number of ether oxygens (including phenoxy) is 1. The predicted octanol–water partition coefficient (Wildman–Crippen LogP) is 0.541. The molecular formula is C15H29N3O2. The van der Waals surface area contributed by atoms with Crippen LogP contribution in [-0.2, 0) is 9.53 Å². The zero-order valence-electron chi connectivity index (χ0n) is 13.1. The smallest absolute Gasteiger partial charge is 0.240 e. The molecule has 0 aromatic heterocycles. The minimum atomic E-state index is -0.405. The zero-order chi connectivity index (χ0) is 14.8. The Morgan fingerprint density at radius 1 is 1.30 bits per heavy atom. The molecular weight excluding hydrogens is 254 g/mol. The summed E-state index contributed by atoms with van der Waals surface area (Å²) in [5.41, 5.74) is 5.90. The lowest BCUT2D eigenvalue weighted by atomic mass is 9.86. The maximum absolute atomic E-state index is 12.4. The van der Waals surface area contributed by atoms with E-state index in [-0.39, 0.29) is 11.3 Å². The van der Waals surface area contributed by atoms with Crippen molar-refractivity contribution in [2.45, 2.75) is 33.2 Å². The van der Waals surface area contributed by atoms with Crippen LogP contribution in [0.3, 0.4) is 0 Å². The molecule has 20 heavy (non-hydrogen) atoms. The number of piperazine rings is 1. The van der Waals surface area contributed by atoms with E-state index in [0.717, 1.165) is 45.9 Å². The summed E-state index contributed by atoms with van der Waals surface area (Å²) in [6.07, 6.45) is 1.17. The van der Waals surface area contributed by atoms with Crippen molar-refractivity contribution in [3.05, 3.63) is 0 Å². The molecule has 116 valence electrons. The van der Waals surface area contributed by atoms with Gasteiger partial charge in [-0.1, -0.05) is 20.8 Å². The Morgan fingerprint density at radius 2 is 1.95 bits per heavy atom. The van der Waals surface area contributed by atoms with Gasteiger partial charge in [-0.25, -0.2) is 0 Å². The zero-order valence-corrected chi connectivity index (χ0v) is 13.1. The highest BCUT2D eigenvalue weighted by Crippen LogP contribution is 2.20. The molecule has 2 heterocycles. The molecule has 1 unspecified atom stereocenters. The summed E-state index contributed by atoms with van der Waals surface area (Å²) >= 11 is 0. The molecule has 0 spiro atoms. The summed E-state index contributed by atoms with van der Waals surface area (Å²) in [6.45, 7) is 12.5. The first-order chi connectivity index (χ1) is 9.38. The quantitative estimate of drug-likeness (QED) is 0.821. The normalized spacial score (nSPS) is 26.8. The number of nitrogens with zero attached hydrogens (tertiary/aromatic N) is 2. The third-order valence-electron chi connectivity index (χ3n) is 4.42. The summed E-state index contributed by atoms with van der Waals surface area (Å²) in [5.74, 6) is 0.774. The van der Waals surface area contributed by atoms with E-state index in [4.69, 9.17) is 10.5 Å². The number of hydrogen-bond donors (Lipinski definition) is 1. The van der Waals surface area contributed by atoms with Gasteiger partial charge in [0.15, 0.2) is 0 Å². The van der Waals surface area contributed by atoms with E-state index in [9.17, 15) is 4.79 Å². The topological polar surface area (TPSA) is 58.8 Å². The standard InChI is InChI=1S/C15H29N3O2/c1-15(2,3)13(16)14(19)18-7-5-17(6-8-18)10-12-4-9-20-11-12/h12-13H,4-11,16H2,1-3H3/t12?,13-/m1/s1. The highest BCUT2D eigenvalue weighted by atomic mass is 16.5. The van der Waals surface area contributed by atoms with Gasteiger partial charge in [-0.15, -0.1) is 0 Å². The van der Waals surface area contributed by atoms with Gasteiger partial charge in [-0.3, -0.25) is 9.69 Å². The van der Waals surface area contributed by atoms with Crippen LogP contribution in [0.5, 0.6) is 0 Å². The second-order valence-corrected chi connectivity index (χ2v) is 7.20. The summed E-state index contributed by atoms with van der Waals surface area (Å²) in [4.78, 5) is 16.7. The van der Waals surface area contributed by atoms with Gasteiger partial charge in [0.05, 0.1) is 12.6 Å². The van der Waals surface area contributed by atoms with E-state index in [2.05, 4.69) is 4.90 Å². The summed E-state index contributed by atoms with van der Waals surface area (Å²) in [6, 6.07) is -0.405. The molecule has 5 nitrogen and oxygen atoms in total. The fourth-order valence-electron chi connectivity index (χ4n) is 2.81. The molecule has 2 saturated heterocycles. The van der Waals surface area contributed by atoms with Crippen molar-refractivity contribution in [3.63, 3.8) is 0 Å². The lowest BCUT2D eigenvalue weighted by molar-refractivity contribution is -0.136. The van der Waals surface area contributed by atoms with Crippen LogP contribution < -0.4 is 5.73 Å². The third-order valence-corrected chi connectivity index (χ3v) is 4.42. The highest BCUT2D eigenvalue weighted by Gasteiger charge is 2.32. The van der Waals surface area contributed by atoms with Gasteiger partial charge in [0, 0.05) is 39.3 Å². The Kier molecular flexibility index (Phi) is 5.04. The Bertz CT molecular complexity index is 327. The first kappa shape index (κ1) is 15.7. The van der Waals surface area contributed by atoms with Crippen LogP contribution in [0.15, 0.2) is 0 Å². The molecule has 0 aromatic carbocycles. The van der Waals surface area contributed by atoms with Gasteiger partial charge >= 0.3 is 0 Å². The lowest BCUT2D eigenvalue weighted by Gasteiger charge is -2.38. The molecule has 0 aromatic rings. The molecule has 2 atom stereocenters. The van der Waals surface area contributed by atoms with E-state index >= 15 is 0 Å². The lowest BCUT2D eigenvalue weighted by Crippen LogP contribution is -2.56. The van der Waals surface area contributed by atoms with E-state index in [1.165, 1.54) is 6.42 Å². The van der Waals surface area contributed by atoms with Crippen LogP contribution in [-0.4, -0.2) is 67.7 Å². The van der Waals surface area contributed by atoms with Crippen molar-refractivity contribution in [2.75, 3.05) is 45.9 Å². The Morgan fingerprint density at radius 3 is 2.45 bits per heavy atom. The average Bonchev–Trinajstić information content (AvgIpc) is 2.90. The number of amides is 1. The first-order valence-corrected chi connectivity index (χ1v) is 7.72. The molecule has 1 amide bonds. The van der Waals surface area contributed by atoms with E-state index in [1.54, 1.807) is 0 Å². The van der Waals surface area contributed by atoms with E-state index in [0.29, 0.717) is 5.92 Å². The van der Waals surface area contributed by atoms with Crippen molar-refractivity contribution < 1.29 is 9.53 Å². The van der Waals surface area contributed by atoms with Crippen molar-refractivity contribution in [1.82, 2.24) is 9.80 Å². The second-order valence-electron chi connectivity index (χ2n) is 7.20. The summed E-state index contributed by atoms with van der Waals surface area (Å²) < 4.78 is 5.42. The maximum atomic E-state index is 12.4. The molecule has 0 saturated carbocycles. The Balaban J connectivity index is 1.77. The Hall–Kier alpha value is -0.650. The molecule has 0 aliphatic carbocycles. The van der Waals surface area contributed by atoms with Crippen LogP contribution in [0.25, 0.3) is 0 Å². The molecule has 2 aliphatic heterocycles. The third kappa shape index (κ3) is 3.93. The largest absolute Gasteiger partial charge is 0.381 e. The van der Waals surface area contributed by atoms with Gasteiger partial charge < -0.3 is 15.4 Å². The van der Waals surface area contributed by atoms with Crippen molar-refractivity contribution >= 4 is 5.91 Å². The molecule has 5 heteroatoms. The van der Waals surface area contributed by atoms with Gasteiger partial charge in [0.1, 0.15) is 0 Å². The SMILES string of the molecule is CC(C)(C)[C@H](N)C(=O)N1CCN(CC2CCOC2)CC1. The Labute approximate surface area is 122 Å². The molecule has 2 aliphatic rings. The predicted molar refractivity (Wildman–Crippen MR) is 79.4 cm³/mol. The van der Waals surface area contributed by atoms with Crippen LogP contribution in [0.2, 0.25) is 0 Å². The van der Waals surface area contributed by atoms with Crippen molar-refractivity contribution in [1.29, 1.82) is 0 Å². The molecule has 2 fully saturated rings. The monoisotopic (exact) mass is 283 g/mol. The van der Waals surface area contributed by atoms with Crippen molar-refractivity contribution in [2.24, 2.45) is 17.1 Å². The van der Waals surface area contributed by atoms with E-state index in [1.807, 2.05) is 25.7 Å². The number of carbonyl (C=O) groups excluding carboxylic acids is 1. The van der Waals surface area contributed by atoms with Gasteiger partial charge in [-0.2, -0.15) is 0 Å². The highest BCUT2D eigenvalue weighted by molar-refractivity contribution is 5.82. The number of nitrogens with two attached hydrogens (primary N) is 1. The van der Waals surface area contributed by atoms with E-state index < -0.39 is 6.04 Å².